The molecule has 12 rings (SSSR count). The van der Waals surface area contributed by atoms with Crippen molar-refractivity contribution >= 4 is 98.6 Å². The molecule has 10 aromatic rings. The second-order valence-electron chi connectivity index (χ2n) is 14.9. The molecule has 1 aliphatic heterocycles. The lowest BCUT2D eigenvalue weighted by Gasteiger charge is -2.28. The monoisotopic (exact) mass is 766 g/mol. The van der Waals surface area contributed by atoms with Crippen molar-refractivity contribution in [3.8, 4) is 16.8 Å². The molecule has 0 radical (unpaired) electrons. The van der Waals surface area contributed by atoms with Crippen LogP contribution in [-0.2, 0) is 0 Å². The molecule has 0 spiro atoms. The van der Waals surface area contributed by atoms with E-state index >= 15 is 0 Å². The predicted octanol–water partition coefficient (Wildman–Crippen LogP) is 11.4. The summed E-state index contributed by atoms with van der Waals surface area (Å²) in [6.07, 6.45) is 5.65. The second kappa shape index (κ2) is 13.0. The molecule has 1 N–H and O–H groups in total. The maximum absolute atomic E-state index is 5.25. The Labute approximate surface area is 336 Å². The second-order valence-corrected chi connectivity index (χ2v) is 17.1. The van der Waals surface area contributed by atoms with Crippen molar-refractivity contribution in [3.63, 3.8) is 0 Å². The highest BCUT2D eigenvalue weighted by molar-refractivity contribution is 7.25. The van der Waals surface area contributed by atoms with Crippen molar-refractivity contribution in [2.24, 2.45) is 15.9 Å². The maximum atomic E-state index is 5.25. The van der Waals surface area contributed by atoms with Gasteiger partial charge in [0.2, 0.25) is 0 Å². The average Bonchev–Trinajstić information content (AvgIpc) is 3.95. The maximum Gasteiger partial charge on any atom is 0.159 e. The van der Waals surface area contributed by atoms with E-state index in [1.54, 1.807) is 0 Å². The first-order valence-corrected chi connectivity index (χ1v) is 21.1. The van der Waals surface area contributed by atoms with Gasteiger partial charge in [-0.2, -0.15) is 0 Å². The fourth-order valence-electron chi connectivity index (χ4n) is 8.91. The first-order chi connectivity index (χ1) is 28.2. The molecule has 1 aliphatic carbocycles. The fourth-order valence-corrected chi connectivity index (χ4v) is 11.2. The Morgan fingerprint density at radius 2 is 1.30 bits per heavy atom. The SMILES string of the molecule is C1=c2sc3cccc(-c4ccc5sc6cc(-n7c8ccccc8c8ccccc87)ccc6c5c4)c3c2=CC(C2N=C(c3ccccc3)N=C(c3ccccc3)N2)C1. The molecule has 0 fully saturated rings. The fraction of sp³-hybridized carbons (Fsp3) is 0.0588. The van der Waals surface area contributed by atoms with E-state index in [0.29, 0.717) is 0 Å². The van der Waals surface area contributed by atoms with Crippen molar-refractivity contribution in [3.05, 3.63) is 185 Å². The number of amidine groups is 2. The molecule has 3 aromatic heterocycles. The van der Waals surface area contributed by atoms with Crippen LogP contribution in [0.5, 0.6) is 0 Å². The van der Waals surface area contributed by atoms with Gasteiger partial charge in [0.15, 0.2) is 5.84 Å². The number of hydrogen-bond acceptors (Lipinski definition) is 5. The molecule has 4 heterocycles. The Bertz CT molecular complexity index is 3370. The van der Waals surface area contributed by atoms with Crippen molar-refractivity contribution in [1.82, 2.24) is 9.88 Å². The molecular weight excluding hydrogens is 733 g/mol. The third-order valence-electron chi connectivity index (χ3n) is 11.6. The zero-order chi connectivity index (χ0) is 37.5. The summed E-state index contributed by atoms with van der Waals surface area (Å²) >= 11 is 3.77. The van der Waals surface area contributed by atoms with Crippen LogP contribution in [0.1, 0.15) is 17.5 Å². The highest BCUT2D eigenvalue weighted by Gasteiger charge is 2.27. The van der Waals surface area contributed by atoms with Crippen molar-refractivity contribution in [2.75, 3.05) is 0 Å². The molecule has 7 aromatic carbocycles. The standard InChI is InChI=1S/C51H34N4S2/c1-3-12-31(13-4-1)49-52-50(32-14-5-2-6-15-32)54-51(53-49)34-23-27-45-41(29-34)48-36(18-11-21-46(48)56-45)33-22-26-44-40(28-33)39-25-24-35(30-47(39)57-44)55-42-19-9-7-16-37(42)38-17-8-10-20-43(38)55/h1-22,24-30,34,51H,23H2,(H,52,53,54). The van der Waals surface area contributed by atoms with E-state index in [1.165, 1.54) is 78.6 Å². The highest BCUT2D eigenvalue weighted by atomic mass is 32.1. The normalized spacial score (nSPS) is 16.6. The highest BCUT2D eigenvalue weighted by Crippen LogP contribution is 2.40. The minimum atomic E-state index is -0.152. The summed E-state index contributed by atoms with van der Waals surface area (Å²) in [5, 5.41) is 11.5. The van der Waals surface area contributed by atoms with Gasteiger partial charge in [-0.3, -0.25) is 0 Å². The number of thiophene rings is 2. The first kappa shape index (κ1) is 32.6. The lowest BCUT2D eigenvalue weighted by Crippen LogP contribution is -2.44. The lowest BCUT2D eigenvalue weighted by atomic mass is 9.93. The van der Waals surface area contributed by atoms with Crippen molar-refractivity contribution < 1.29 is 0 Å². The molecule has 0 saturated heterocycles. The van der Waals surface area contributed by atoms with Gasteiger partial charge in [0.05, 0.1) is 11.0 Å². The minimum absolute atomic E-state index is 0.152. The molecule has 0 bridgehead atoms. The Hall–Kier alpha value is -6.60. The Kier molecular flexibility index (Phi) is 7.43. The van der Waals surface area contributed by atoms with E-state index in [0.717, 1.165) is 29.2 Å². The van der Waals surface area contributed by atoms with Crippen LogP contribution >= 0.6 is 22.7 Å². The summed E-state index contributed by atoms with van der Waals surface area (Å²) in [5.41, 5.74) is 8.27. The minimum Gasteiger partial charge on any atom is -0.347 e. The number of aromatic nitrogens is 1. The quantitative estimate of drug-likeness (QED) is 0.186. The van der Waals surface area contributed by atoms with Gasteiger partial charge in [-0.15, -0.1) is 22.7 Å². The Balaban J connectivity index is 0.956. The van der Waals surface area contributed by atoms with Gasteiger partial charge >= 0.3 is 0 Å². The molecule has 270 valence electrons. The van der Waals surface area contributed by atoms with Crippen LogP contribution in [0.4, 0.5) is 0 Å². The third-order valence-corrected chi connectivity index (χ3v) is 13.9. The van der Waals surface area contributed by atoms with Crippen LogP contribution in [0.2, 0.25) is 0 Å². The summed E-state index contributed by atoms with van der Waals surface area (Å²) < 4.78 is 7.67. The summed E-state index contributed by atoms with van der Waals surface area (Å²) in [6, 6.07) is 59.0. The average molecular weight is 767 g/mol. The third kappa shape index (κ3) is 5.32. The molecule has 2 atom stereocenters. The number of fused-ring (bicyclic) bond motifs is 9. The van der Waals surface area contributed by atoms with Gasteiger partial charge in [-0.25, -0.2) is 9.98 Å². The van der Waals surface area contributed by atoms with E-state index < -0.39 is 0 Å². The number of aliphatic imine (C=N–C) groups is 2. The largest absolute Gasteiger partial charge is 0.347 e. The molecule has 4 nitrogen and oxygen atoms in total. The summed E-state index contributed by atoms with van der Waals surface area (Å²) in [6.45, 7) is 0. The zero-order valence-electron chi connectivity index (χ0n) is 30.8. The van der Waals surface area contributed by atoms with Crippen LogP contribution < -0.4 is 15.1 Å². The molecule has 0 amide bonds. The zero-order valence-corrected chi connectivity index (χ0v) is 32.4. The van der Waals surface area contributed by atoms with Crippen LogP contribution in [-0.4, -0.2) is 22.4 Å². The molecule has 0 saturated carbocycles. The van der Waals surface area contributed by atoms with Crippen molar-refractivity contribution in [2.45, 2.75) is 12.6 Å². The van der Waals surface area contributed by atoms with Gasteiger partial charge in [0, 0.05) is 68.3 Å². The molecule has 2 unspecified atom stereocenters. The number of para-hydroxylation sites is 2. The van der Waals surface area contributed by atoms with Crippen LogP contribution in [0.15, 0.2) is 174 Å². The van der Waals surface area contributed by atoms with Crippen molar-refractivity contribution in [1.29, 1.82) is 0 Å². The van der Waals surface area contributed by atoms with Crippen LogP contribution in [0.3, 0.4) is 0 Å². The number of nitrogens with one attached hydrogen (secondary N) is 1. The molecule has 6 heteroatoms. The Morgan fingerprint density at radius 3 is 2.09 bits per heavy atom. The number of benzene rings is 7. The van der Waals surface area contributed by atoms with E-state index in [4.69, 9.17) is 9.98 Å². The van der Waals surface area contributed by atoms with Gasteiger partial charge in [-0.1, -0.05) is 133 Å². The molecule has 2 aliphatic rings. The van der Waals surface area contributed by atoms with E-state index in [2.05, 4.69) is 174 Å². The van der Waals surface area contributed by atoms with E-state index in [1.807, 2.05) is 34.8 Å². The lowest BCUT2D eigenvalue weighted by molar-refractivity contribution is 0.504. The predicted molar refractivity (Wildman–Crippen MR) is 244 cm³/mol. The van der Waals surface area contributed by atoms with Crippen LogP contribution in [0.25, 0.3) is 81.0 Å². The van der Waals surface area contributed by atoms with Gasteiger partial charge in [-0.05, 0) is 65.2 Å². The Morgan fingerprint density at radius 1 is 0.561 bits per heavy atom. The van der Waals surface area contributed by atoms with E-state index in [-0.39, 0.29) is 12.1 Å². The van der Waals surface area contributed by atoms with Gasteiger partial charge in [0.25, 0.3) is 0 Å². The molecule has 57 heavy (non-hydrogen) atoms. The molecular formula is C51H34N4S2. The summed E-state index contributed by atoms with van der Waals surface area (Å²) in [5.74, 6) is 1.79. The van der Waals surface area contributed by atoms with Gasteiger partial charge < -0.3 is 9.88 Å². The van der Waals surface area contributed by atoms with Gasteiger partial charge in [0.1, 0.15) is 12.0 Å². The smallest absolute Gasteiger partial charge is 0.159 e. The number of nitrogens with zero attached hydrogens (tertiary/aromatic N) is 3. The number of rotatable bonds is 5. The number of hydrogen-bond donors (Lipinski definition) is 1. The topological polar surface area (TPSA) is 41.7 Å². The first-order valence-electron chi connectivity index (χ1n) is 19.5. The van der Waals surface area contributed by atoms with E-state index in [9.17, 15) is 0 Å². The summed E-state index contributed by atoms with van der Waals surface area (Å²) in [7, 11) is 0. The van der Waals surface area contributed by atoms with Crippen LogP contribution in [0, 0.1) is 5.92 Å². The summed E-state index contributed by atoms with van der Waals surface area (Å²) in [4.78, 5) is 10.3.